The molecule has 4 heterocycles. The molecular weight excluding hydrogens is 418 g/mol. The van der Waals surface area contributed by atoms with Gasteiger partial charge in [-0.1, -0.05) is 43.5 Å². The van der Waals surface area contributed by atoms with Crippen LogP contribution in [-0.2, 0) is 17.9 Å². The van der Waals surface area contributed by atoms with E-state index in [1.807, 2.05) is 20.2 Å². The Morgan fingerprint density at radius 1 is 1.18 bits per heavy atom. The Morgan fingerprint density at radius 3 is 2.82 bits per heavy atom. The zero-order chi connectivity index (χ0) is 22.5. The highest BCUT2D eigenvalue weighted by molar-refractivity contribution is 5.71. The van der Waals surface area contributed by atoms with Crippen molar-refractivity contribution in [1.29, 1.82) is 0 Å². The molecule has 0 N–H and O–H groups in total. The maximum Gasteiger partial charge on any atom is 0.229 e. The molecule has 0 saturated heterocycles. The minimum Gasteiger partial charge on any atom is -0.370 e. The predicted molar refractivity (Wildman–Crippen MR) is 121 cm³/mol. The van der Waals surface area contributed by atoms with E-state index in [1.54, 1.807) is 0 Å². The van der Waals surface area contributed by atoms with E-state index in [0.717, 1.165) is 47.0 Å². The fourth-order valence-corrected chi connectivity index (χ4v) is 4.73. The molecule has 2 aliphatic rings. The predicted octanol–water partition coefficient (Wildman–Crippen LogP) is 4.43. The molecule has 0 atom stereocenters. The smallest absolute Gasteiger partial charge is 0.229 e. The monoisotopic (exact) mass is 445 g/mol. The highest BCUT2D eigenvalue weighted by Crippen LogP contribution is 2.35. The fourth-order valence-electron chi connectivity index (χ4n) is 4.73. The summed E-state index contributed by atoms with van der Waals surface area (Å²) in [6.07, 6.45) is 6.86. The largest absolute Gasteiger partial charge is 0.370 e. The Labute approximate surface area is 191 Å². The lowest BCUT2D eigenvalue weighted by Gasteiger charge is -2.12. The average molecular weight is 446 g/mol. The molecule has 0 radical (unpaired) electrons. The van der Waals surface area contributed by atoms with Gasteiger partial charge in [0.05, 0.1) is 24.0 Å². The highest BCUT2D eigenvalue weighted by Gasteiger charge is 2.28. The van der Waals surface area contributed by atoms with Crippen LogP contribution in [0.3, 0.4) is 0 Å². The first-order chi connectivity index (χ1) is 16.1. The van der Waals surface area contributed by atoms with Crippen molar-refractivity contribution in [3.05, 3.63) is 47.5 Å². The van der Waals surface area contributed by atoms with Crippen LogP contribution < -0.4 is 0 Å². The van der Waals surface area contributed by atoms with E-state index in [4.69, 9.17) is 14.2 Å². The molecule has 3 aromatic heterocycles. The van der Waals surface area contributed by atoms with E-state index in [1.165, 1.54) is 12.8 Å². The molecule has 1 fully saturated rings. The van der Waals surface area contributed by atoms with E-state index < -0.39 is 0 Å². The molecule has 0 bridgehead atoms. The van der Waals surface area contributed by atoms with Crippen LogP contribution in [0.25, 0.3) is 28.6 Å². The quantitative estimate of drug-likeness (QED) is 0.395. The van der Waals surface area contributed by atoms with Crippen LogP contribution in [0.5, 0.6) is 0 Å². The number of aryl methyl sites for hydroxylation is 1. The Kier molecular flexibility index (Phi) is 4.86. The second-order valence-corrected chi connectivity index (χ2v) is 9.28. The van der Waals surface area contributed by atoms with Crippen LogP contribution in [0.1, 0.15) is 68.4 Å². The molecule has 9 heteroatoms. The van der Waals surface area contributed by atoms with E-state index in [0.29, 0.717) is 36.7 Å². The first-order valence-corrected chi connectivity index (χ1v) is 11.6. The van der Waals surface area contributed by atoms with Gasteiger partial charge in [-0.25, -0.2) is 4.98 Å². The minimum absolute atomic E-state index is 0.153. The number of ether oxygens (including phenoxy) is 1. The van der Waals surface area contributed by atoms with Gasteiger partial charge in [-0.3, -0.25) is 4.57 Å². The van der Waals surface area contributed by atoms with Gasteiger partial charge in [0.1, 0.15) is 18.6 Å². The van der Waals surface area contributed by atoms with Crippen molar-refractivity contribution in [1.82, 2.24) is 34.5 Å². The molecule has 0 spiro atoms. The normalized spacial score (nSPS) is 15.5. The summed E-state index contributed by atoms with van der Waals surface area (Å²) in [5, 5.41) is 13.3. The lowest BCUT2D eigenvalue weighted by Crippen LogP contribution is -2.13. The third-order valence-electron chi connectivity index (χ3n) is 6.55. The van der Waals surface area contributed by atoms with Gasteiger partial charge in [0.25, 0.3) is 0 Å². The van der Waals surface area contributed by atoms with Gasteiger partial charge >= 0.3 is 0 Å². The molecule has 170 valence electrons. The maximum atomic E-state index is 6.19. The standard InChI is InChI=1S/C24H27N7O2/c1-14(2)24-26-22(29-33-24)21-19-11-30-20(12-32-16-6-4-5-7-16)27-28-23(30)17-10-15(3)8-9-18(17)31(19)13-25-21/h8-10,13-14,16H,4-7,11-12H2,1-3H3. The van der Waals surface area contributed by atoms with Gasteiger partial charge in [0.15, 0.2) is 11.6 Å². The Balaban J connectivity index is 1.46. The van der Waals surface area contributed by atoms with E-state index in [9.17, 15) is 0 Å². The minimum atomic E-state index is 0.153. The Bertz CT molecular complexity index is 1310. The number of aromatic nitrogens is 7. The number of nitrogens with zero attached hydrogens (tertiary/aromatic N) is 7. The summed E-state index contributed by atoms with van der Waals surface area (Å²) in [5.74, 6) is 2.92. The first-order valence-electron chi connectivity index (χ1n) is 11.6. The molecule has 6 rings (SSSR count). The lowest BCUT2D eigenvalue weighted by atomic mass is 10.1. The molecule has 33 heavy (non-hydrogen) atoms. The van der Waals surface area contributed by atoms with Gasteiger partial charge in [0.2, 0.25) is 11.7 Å². The molecule has 0 unspecified atom stereocenters. The first kappa shape index (κ1) is 20.3. The van der Waals surface area contributed by atoms with Gasteiger partial charge in [-0.2, -0.15) is 4.98 Å². The number of benzene rings is 1. The van der Waals surface area contributed by atoms with Crippen LogP contribution in [0.4, 0.5) is 0 Å². The van der Waals surface area contributed by atoms with E-state index in [2.05, 4.69) is 54.6 Å². The molecule has 9 nitrogen and oxygen atoms in total. The van der Waals surface area contributed by atoms with Crippen molar-refractivity contribution in [2.75, 3.05) is 0 Å². The molecule has 1 aromatic carbocycles. The fraction of sp³-hybridized carbons (Fsp3) is 0.458. The zero-order valence-corrected chi connectivity index (χ0v) is 19.2. The summed E-state index contributed by atoms with van der Waals surface area (Å²) in [7, 11) is 0. The third-order valence-corrected chi connectivity index (χ3v) is 6.55. The number of rotatable bonds is 5. The SMILES string of the molecule is Cc1ccc2c(c1)-c1nnc(COC3CCCC3)n1Cc1c(-c3noc(C(C)C)n3)ncn1-2. The van der Waals surface area contributed by atoms with Crippen molar-refractivity contribution in [3.63, 3.8) is 0 Å². The van der Waals surface area contributed by atoms with Crippen LogP contribution in [0.15, 0.2) is 29.0 Å². The molecular formula is C24H27N7O2. The summed E-state index contributed by atoms with van der Waals surface area (Å²) in [5.41, 5.74) is 4.87. The van der Waals surface area contributed by atoms with E-state index >= 15 is 0 Å². The average Bonchev–Trinajstić information content (AvgIpc) is 3.59. The Morgan fingerprint density at radius 2 is 2.03 bits per heavy atom. The van der Waals surface area contributed by atoms with Crippen LogP contribution >= 0.6 is 0 Å². The number of hydrogen-bond donors (Lipinski definition) is 0. The molecule has 1 aliphatic heterocycles. The second-order valence-electron chi connectivity index (χ2n) is 9.28. The Hall–Kier alpha value is -3.33. The molecule has 1 aliphatic carbocycles. The highest BCUT2D eigenvalue weighted by atomic mass is 16.5. The van der Waals surface area contributed by atoms with E-state index in [-0.39, 0.29) is 5.92 Å². The maximum absolute atomic E-state index is 6.19. The van der Waals surface area contributed by atoms with Crippen LogP contribution in [0.2, 0.25) is 0 Å². The number of imidazole rings is 1. The summed E-state index contributed by atoms with van der Waals surface area (Å²) in [6.45, 7) is 7.14. The van der Waals surface area contributed by atoms with Crippen LogP contribution in [-0.4, -0.2) is 40.6 Å². The van der Waals surface area contributed by atoms with Gasteiger partial charge in [0, 0.05) is 11.5 Å². The van der Waals surface area contributed by atoms with Crippen molar-refractivity contribution in [2.24, 2.45) is 0 Å². The molecule has 1 saturated carbocycles. The number of hydrogen-bond acceptors (Lipinski definition) is 7. The summed E-state index contributed by atoms with van der Waals surface area (Å²) < 4.78 is 15.9. The number of fused-ring (bicyclic) bond motifs is 5. The van der Waals surface area contributed by atoms with Crippen molar-refractivity contribution < 1.29 is 9.26 Å². The summed E-state index contributed by atoms with van der Waals surface area (Å²) >= 11 is 0. The zero-order valence-electron chi connectivity index (χ0n) is 19.2. The van der Waals surface area contributed by atoms with Gasteiger partial charge in [-0.05, 0) is 31.9 Å². The summed E-state index contributed by atoms with van der Waals surface area (Å²) in [6, 6.07) is 6.36. The molecule has 4 aromatic rings. The second kappa shape index (κ2) is 7.91. The molecule has 0 amide bonds. The topological polar surface area (TPSA) is 96.7 Å². The van der Waals surface area contributed by atoms with Gasteiger partial charge < -0.3 is 13.8 Å². The van der Waals surface area contributed by atoms with Crippen LogP contribution in [0, 0.1) is 6.92 Å². The van der Waals surface area contributed by atoms with Gasteiger partial charge in [-0.15, -0.1) is 10.2 Å². The summed E-state index contributed by atoms with van der Waals surface area (Å²) in [4.78, 5) is 9.29. The van der Waals surface area contributed by atoms with Crippen molar-refractivity contribution in [2.45, 2.75) is 71.6 Å². The lowest BCUT2D eigenvalue weighted by molar-refractivity contribution is 0.0401. The third kappa shape index (κ3) is 3.47. The van der Waals surface area contributed by atoms with Crippen molar-refractivity contribution >= 4 is 0 Å². The van der Waals surface area contributed by atoms with Crippen molar-refractivity contribution in [3.8, 4) is 28.6 Å².